The van der Waals surface area contributed by atoms with Crippen LogP contribution in [0.3, 0.4) is 0 Å². The molecule has 19 heavy (non-hydrogen) atoms. The van der Waals surface area contributed by atoms with Crippen molar-refractivity contribution in [2.24, 2.45) is 0 Å². The Labute approximate surface area is 112 Å². The van der Waals surface area contributed by atoms with Crippen molar-refractivity contribution in [3.8, 4) is 6.07 Å². The highest BCUT2D eigenvalue weighted by atomic mass is 16.5. The van der Waals surface area contributed by atoms with Gasteiger partial charge in [0.25, 0.3) is 0 Å². The van der Waals surface area contributed by atoms with Crippen molar-refractivity contribution in [1.82, 2.24) is 10.2 Å². The van der Waals surface area contributed by atoms with Crippen LogP contribution < -0.4 is 5.32 Å². The zero-order chi connectivity index (χ0) is 13.5. The average Bonchev–Trinajstić information content (AvgIpc) is 2.46. The van der Waals surface area contributed by atoms with Gasteiger partial charge in [0.15, 0.2) is 6.10 Å². The van der Waals surface area contributed by atoms with Gasteiger partial charge in [0.2, 0.25) is 5.91 Å². The van der Waals surface area contributed by atoms with Gasteiger partial charge < -0.3 is 10.1 Å². The predicted molar refractivity (Wildman–Crippen MR) is 70.1 cm³/mol. The van der Waals surface area contributed by atoms with Crippen LogP contribution in [0.2, 0.25) is 0 Å². The highest BCUT2D eigenvalue weighted by molar-refractivity contribution is 5.78. The second-order valence-electron chi connectivity index (χ2n) is 4.49. The molecule has 5 nitrogen and oxygen atoms in total. The quantitative estimate of drug-likeness (QED) is 0.856. The van der Waals surface area contributed by atoms with Gasteiger partial charge >= 0.3 is 0 Å². The van der Waals surface area contributed by atoms with Crippen LogP contribution in [-0.4, -0.2) is 43.2 Å². The van der Waals surface area contributed by atoms with Crippen LogP contribution >= 0.6 is 0 Å². The van der Waals surface area contributed by atoms with Gasteiger partial charge in [0, 0.05) is 19.6 Å². The van der Waals surface area contributed by atoms with Crippen molar-refractivity contribution in [3.63, 3.8) is 0 Å². The second-order valence-corrected chi connectivity index (χ2v) is 4.49. The molecule has 1 heterocycles. The number of nitrogens with zero attached hydrogens (tertiary/aromatic N) is 2. The zero-order valence-electron chi connectivity index (χ0n) is 10.7. The van der Waals surface area contributed by atoms with Crippen molar-refractivity contribution in [1.29, 1.82) is 5.26 Å². The third-order valence-corrected chi connectivity index (χ3v) is 2.99. The molecule has 0 bridgehead atoms. The second kappa shape index (κ2) is 6.88. The van der Waals surface area contributed by atoms with Crippen LogP contribution in [0.15, 0.2) is 30.3 Å². The van der Waals surface area contributed by atoms with Crippen LogP contribution in [0.1, 0.15) is 5.56 Å². The number of hydrogen-bond donors (Lipinski definition) is 1. The lowest BCUT2D eigenvalue weighted by atomic mass is 10.2. The molecule has 1 aromatic rings. The predicted octanol–water partition coefficient (Wildman–Crippen LogP) is 0.527. The van der Waals surface area contributed by atoms with Gasteiger partial charge in [0.05, 0.1) is 19.2 Å². The van der Waals surface area contributed by atoms with E-state index in [0.29, 0.717) is 32.8 Å². The molecule has 1 aliphatic rings. The molecular weight excluding hydrogens is 242 g/mol. The van der Waals surface area contributed by atoms with Crippen LogP contribution in [0, 0.1) is 11.3 Å². The third kappa shape index (κ3) is 4.36. The number of benzene rings is 1. The lowest BCUT2D eigenvalue weighted by Crippen LogP contribution is -2.46. The zero-order valence-corrected chi connectivity index (χ0v) is 10.7. The Balaban J connectivity index is 1.74. The number of carbonyl (C=O) groups excluding carboxylic acids is 1. The van der Waals surface area contributed by atoms with E-state index < -0.39 is 6.10 Å². The number of amides is 1. The number of nitrogens with one attached hydrogen (secondary N) is 1. The maximum atomic E-state index is 11.8. The summed E-state index contributed by atoms with van der Waals surface area (Å²) in [6, 6.07) is 11.9. The summed E-state index contributed by atoms with van der Waals surface area (Å²) in [5.41, 5.74) is 1.08. The number of nitriles is 1. The Morgan fingerprint density at radius 3 is 3.00 bits per heavy atom. The Hall–Kier alpha value is -1.90. The maximum absolute atomic E-state index is 11.8. The number of hydrogen-bond acceptors (Lipinski definition) is 4. The van der Waals surface area contributed by atoms with Crippen LogP contribution in [0.25, 0.3) is 0 Å². The molecule has 2 rings (SSSR count). The van der Waals surface area contributed by atoms with Crippen molar-refractivity contribution < 1.29 is 9.53 Å². The van der Waals surface area contributed by atoms with E-state index in [-0.39, 0.29) is 5.91 Å². The van der Waals surface area contributed by atoms with E-state index in [1.165, 1.54) is 0 Å². The van der Waals surface area contributed by atoms with Crippen LogP contribution in [-0.2, 0) is 16.1 Å². The first-order valence-electron chi connectivity index (χ1n) is 6.32. The monoisotopic (exact) mass is 259 g/mol. The minimum atomic E-state index is -0.421. The first-order valence-corrected chi connectivity index (χ1v) is 6.32. The molecule has 0 aliphatic carbocycles. The summed E-state index contributed by atoms with van der Waals surface area (Å²) in [5, 5.41) is 11.7. The molecule has 0 aromatic heterocycles. The molecule has 0 radical (unpaired) electrons. The van der Waals surface area contributed by atoms with Crippen LogP contribution in [0.4, 0.5) is 0 Å². The summed E-state index contributed by atoms with van der Waals surface area (Å²) in [6.07, 6.45) is -0.421. The first-order chi connectivity index (χ1) is 9.28. The highest BCUT2D eigenvalue weighted by Gasteiger charge is 2.21. The number of ether oxygens (including phenoxy) is 1. The smallest absolute Gasteiger partial charge is 0.234 e. The molecule has 1 N–H and O–H groups in total. The van der Waals surface area contributed by atoms with E-state index in [4.69, 9.17) is 10.00 Å². The molecule has 0 saturated carbocycles. The van der Waals surface area contributed by atoms with Crippen molar-refractivity contribution >= 4 is 5.91 Å². The number of carbonyl (C=O) groups is 1. The van der Waals surface area contributed by atoms with Crippen molar-refractivity contribution in [2.45, 2.75) is 12.6 Å². The molecule has 1 fully saturated rings. The molecule has 0 spiro atoms. The lowest BCUT2D eigenvalue weighted by Gasteiger charge is -2.28. The molecule has 1 saturated heterocycles. The lowest BCUT2D eigenvalue weighted by molar-refractivity contribution is -0.123. The van der Waals surface area contributed by atoms with E-state index in [1.807, 2.05) is 35.2 Å². The highest BCUT2D eigenvalue weighted by Crippen LogP contribution is 2.03. The molecule has 1 amide bonds. The van der Waals surface area contributed by atoms with Gasteiger partial charge in [-0.05, 0) is 5.56 Å². The van der Waals surface area contributed by atoms with E-state index in [1.54, 1.807) is 0 Å². The minimum Gasteiger partial charge on any atom is -0.361 e. The summed E-state index contributed by atoms with van der Waals surface area (Å²) in [5.74, 6) is -0.0255. The van der Waals surface area contributed by atoms with Gasteiger partial charge in [-0.15, -0.1) is 0 Å². The van der Waals surface area contributed by atoms with Gasteiger partial charge in [-0.25, -0.2) is 0 Å². The number of morpholine rings is 1. The molecular formula is C14H17N3O2. The normalized spacial score (nSPS) is 19.6. The summed E-state index contributed by atoms with van der Waals surface area (Å²) < 4.78 is 5.23. The maximum Gasteiger partial charge on any atom is 0.234 e. The molecule has 1 aliphatic heterocycles. The summed E-state index contributed by atoms with van der Waals surface area (Å²) >= 11 is 0. The van der Waals surface area contributed by atoms with E-state index in [2.05, 4.69) is 11.4 Å². The fourth-order valence-electron chi connectivity index (χ4n) is 1.98. The molecule has 1 atom stereocenters. The van der Waals surface area contributed by atoms with E-state index in [0.717, 1.165) is 5.56 Å². The largest absolute Gasteiger partial charge is 0.361 e. The number of rotatable bonds is 4. The molecule has 1 aromatic carbocycles. The Morgan fingerprint density at radius 1 is 1.47 bits per heavy atom. The van der Waals surface area contributed by atoms with Crippen molar-refractivity contribution in [2.75, 3.05) is 26.2 Å². The average molecular weight is 259 g/mol. The van der Waals surface area contributed by atoms with Crippen LogP contribution in [0.5, 0.6) is 0 Å². The summed E-state index contributed by atoms with van der Waals surface area (Å²) in [6.45, 7) is 2.54. The Bertz CT molecular complexity index is 456. The fraction of sp³-hybridized carbons (Fsp3) is 0.429. The molecule has 5 heteroatoms. The fourth-order valence-corrected chi connectivity index (χ4v) is 1.98. The standard InChI is InChI=1S/C14H17N3O2/c15-8-13-10-17(6-7-19-13)11-14(18)16-9-12-4-2-1-3-5-12/h1-5,13H,6-7,9-11H2,(H,16,18). The van der Waals surface area contributed by atoms with E-state index in [9.17, 15) is 4.79 Å². The Morgan fingerprint density at radius 2 is 2.26 bits per heavy atom. The summed E-state index contributed by atoms with van der Waals surface area (Å²) in [7, 11) is 0. The topological polar surface area (TPSA) is 65.4 Å². The van der Waals surface area contributed by atoms with E-state index >= 15 is 0 Å². The first kappa shape index (κ1) is 13.5. The summed E-state index contributed by atoms with van der Waals surface area (Å²) in [4.78, 5) is 13.7. The molecule has 1 unspecified atom stereocenters. The van der Waals surface area contributed by atoms with Crippen molar-refractivity contribution in [3.05, 3.63) is 35.9 Å². The third-order valence-electron chi connectivity index (χ3n) is 2.99. The van der Waals surface area contributed by atoms with Gasteiger partial charge in [0.1, 0.15) is 0 Å². The SMILES string of the molecule is N#CC1CN(CC(=O)NCc2ccccc2)CCO1. The van der Waals surface area contributed by atoms with Gasteiger partial charge in [-0.1, -0.05) is 30.3 Å². The molecule has 100 valence electrons. The van der Waals surface area contributed by atoms with Gasteiger partial charge in [-0.3, -0.25) is 9.69 Å². The van der Waals surface area contributed by atoms with Gasteiger partial charge in [-0.2, -0.15) is 5.26 Å². The minimum absolute atomic E-state index is 0.0255. The Kier molecular flexibility index (Phi) is 4.90.